The molecular formula is C14H24N2O3. The van der Waals surface area contributed by atoms with Crippen molar-refractivity contribution in [3.8, 4) is 0 Å². The Bertz CT molecular complexity index is 386. The zero-order valence-corrected chi connectivity index (χ0v) is 12.4. The highest BCUT2D eigenvalue weighted by atomic mass is 16.2. The lowest BCUT2D eigenvalue weighted by Crippen LogP contribution is -2.65. The quantitative estimate of drug-likeness (QED) is 0.778. The van der Waals surface area contributed by atoms with Crippen LogP contribution in [-0.4, -0.2) is 28.8 Å². The molecule has 0 aromatic heterocycles. The Labute approximate surface area is 114 Å². The molecule has 0 radical (unpaired) electrons. The molecule has 0 spiro atoms. The number of hydrogen-bond acceptors (Lipinski definition) is 3. The second kappa shape index (κ2) is 5.72. The highest BCUT2D eigenvalue weighted by molar-refractivity contribution is 6.19. The van der Waals surface area contributed by atoms with Gasteiger partial charge in [0, 0.05) is 6.04 Å². The molecule has 0 bridgehead atoms. The molecule has 0 saturated carbocycles. The van der Waals surface area contributed by atoms with E-state index in [1.54, 1.807) is 0 Å². The summed E-state index contributed by atoms with van der Waals surface area (Å²) in [7, 11) is 0. The maximum absolute atomic E-state index is 12.6. The van der Waals surface area contributed by atoms with Gasteiger partial charge in [0.2, 0.25) is 11.8 Å². The molecule has 1 aliphatic rings. The summed E-state index contributed by atoms with van der Waals surface area (Å²) < 4.78 is 0. The first-order valence-electron chi connectivity index (χ1n) is 6.99. The first-order chi connectivity index (χ1) is 8.80. The molecule has 5 heteroatoms. The Balaban J connectivity index is 3.08. The van der Waals surface area contributed by atoms with E-state index < -0.39 is 17.4 Å². The third kappa shape index (κ3) is 2.65. The van der Waals surface area contributed by atoms with E-state index in [1.807, 2.05) is 34.6 Å². The summed E-state index contributed by atoms with van der Waals surface area (Å²) in [4.78, 5) is 37.8. The van der Waals surface area contributed by atoms with Crippen molar-refractivity contribution in [1.29, 1.82) is 0 Å². The standard InChI is InChI=1S/C14H24N2O3/c1-6-14(7-2)11(17)15-13(19)16(12(14)18)10(5)8-9(3)4/h9-10H,6-8H2,1-5H3,(H,15,17,19). The second-order valence-electron chi connectivity index (χ2n) is 5.70. The topological polar surface area (TPSA) is 66.5 Å². The molecule has 0 aromatic carbocycles. The maximum Gasteiger partial charge on any atom is 0.331 e. The number of amides is 4. The van der Waals surface area contributed by atoms with Gasteiger partial charge in [0.05, 0.1) is 0 Å². The van der Waals surface area contributed by atoms with Crippen molar-refractivity contribution >= 4 is 17.8 Å². The van der Waals surface area contributed by atoms with Crippen molar-refractivity contribution in [3.05, 3.63) is 0 Å². The van der Waals surface area contributed by atoms with Gasteiger partial charge in [-0.3, -0.25) is 19.8 Å². The predicted molar refractivity (Wildman–Crippen MR) is 72.3 cm³/mol. The normalized spacial score (nSPS) is 20.7. The first-order valence-corrected chi connectivity index (χ1v) is 6.99. The minimum Gasteiger partial charge on any atom is -0.277 e. The van der Waals surface area contributed by atoms with Gasteiger partial charge in [-0.2, -0.15) is 0 Å². The van der Waals surface area contributed by atoms with Gasteiger partial charge >= 0.3 is 6.03 Å². The number of nitrogens with one attached hydrogen (secondary N) is 1. The molecular weight excluding hydrogens is 244 g/mol. The van der Waals surface area contributed by atoms with Crippen molar-refractivity contribution in [2.24, 2.45) is 11.3 Å². The molecule has 0 aromatic rings. The van der Waals surface area contributed by atoms with Gasteiger partial charge in [-0.25, -0.2) is 4.79 Å². The van der Waals surface area contributed by atoms with Gasteiger partial charge < -0.3 is 0 Å². The van der Waals surface area contributed by atoms with E-state index in [-0.39, 0.29) is 11.9 Å². The molecule has 1 unspecified atom stereocenters. The fourth-order valence-corrected chi connectivity index (χ4v) is 2.76. The third-order valence-electron chi connectivity index (χ3n) is 3.96. The highest BCUT2D eigenvalue weighted by Crippen LogP contribution is 2.33. The summed E-state index contributed by atoms with van der Waals surface area (Å²) in [6.45, 7) is 9.55. The maximum atomic E-state index is 12.6. The lowest BCUT2D eigenvalue weighted by Gasteiger charge is -2.41. The summed E-state index contributed by atoms with van der Waals surface area (Å²) in [6, 6.07) is -0.779. The molecule has 1 rings (SSSR count). The second-order valence-corrected chi connectivity index (χ2v) is 5.70. The largest absolute Gasteiger partial charge is 0.331 e. The van der Waals surface area contributed by atoms with Crippen molar-refractivity contribution in [2.75, 3.05) is 0 Å². The molecule has 5 nitrogen and oxygen atoms in total. The molecule has 1 saturated heterocycles. The number of barbiturate groups is 1. The van der Waals surface area contributed by atoms with Crippen LogP contribution in [-0.2, 0) is 9.59 Å². The number of hydrogen-bond donors (Lipinski definition) is 1. The number of imide groups is 2. The molecule has 1 heterocycles. The lowest BCUT2D eigenvalue weighted by molar-refractivity contribution is -0.153. The van der Waals surface area contributed by atoms with E-state index in [0.29, 0.717) is 18.8 Å². The Hall–Kier alpha value is -1.39. The monoisotopic (exact) mass is 268 g/mol. The van der Waals surface area contributed by atoms with Crippen LogP contribution in [0.15, 0.2) is 0 Å². The third-order valence-corrected chi connectivity index (χ3v) is 3.96. The Morgan fingerprint density at radius 2 is 1.63 bits per heavy atom. The molecule has 1 aliphatic heterocycles. The summed E-state index contributed by atoms with van der Waals surface area (Å²) in [5.41, 5.74) is -1.08. The van der Waals surface area contributed by atoms with Crippen LogP contribution < -0.4 is 5.32 Å². The van der Waals surface area contributed by atoms with Gasteiger partial charge in [-0.15, -0.1) is 0 Å². The number of carbonyl (C=O) groups is 3. The highest BCUT2D eigenvalue weighted by Gasteiger charge is 2.52. The van der Waals surface area contributed by atoms with E-state index in [1.165, 1.54) is 4.90 Å². The van der Waals surface area contributed by atoms with Crippen LogP contribution in [0.25, 0.3) is 0 Å². The molecule has 0 aliphatic carbocycles. The summed E-state index contributed by atoms with van der Waals surface area (Å²) in [6.07, 6.45) is 1.55. The molecule has 4 amide bonds. The van der Waals surface area contributed by atoms with Crippen molar-refractivity contribution in [1.82, 2.24) is 10.2 Å². The Morgan fingerprint density at radius 1 is 1.11 bits per heavy atom. The van der Waals surface area contributed by atoms with Crippen LogP contribution in [0.1, 0.15) is 53.9 Å². The van der Waals surface area contributed by atoms with Crippen molar-refractivity contribution in [2.45, 2.75) is 59.9 Å². The van der Waals surface area contributed by atoms with E-state index in [4.69, 9.17) is 0 Å². The van der Waals surface area contributed by atoms with E-state index in [0.717, 1.165) is 6.42 Å². The van der Waals surface area contributed by atoms with E-state index in [9.17, 15) is 14.4 Å². The minimum absolute atomic E-state index is 0.196. The van der Waals surface area contributed by atoms with Gasteiger partial charge in [0.25, 0.3) is 0 Å². The number of rotatable bonds is 5. The van der Waals surface area contributed by atoms with Crippen LogP contribution in [0.5, 0.6) is 0 Å². The Morgan fingerprint density at radius 3 is 2.05 bits per heavy atom. The van der Waals surface area contributed by atoms with Crippen LogP contribution in [0.3, 0.4) is 0 Å². The van der Waals surface area contributed by atoms with Crippen molar-refractivity contribution < 1.29 is 14.4 Å². The summed E-state index contributed by atoms with van der Waals surface area (Å²) in [5.74, 6) is -0.425. The lowest BCUT2D eigenvalue weighted by atomic mass is 9.78. The summed E-state index contributed by atoms with van der Waals surface area (Å²) >= 11 is 0. The molecule has 108 valence electrons. The predicted octanol–water partition coefficient (Wildman–Crippen LogP) is 2.31. The Kier molecular flexibility index (Phi) is 4.71. The zero-order valence-electron chi connectivity index (χ0n) is 12.4. The van der Waals surface area contributed by atoms with Crippen LogP contribution >= 0.6 is 0 Å². The molecule has 19 heavy (non-hydrogen) atoms. The van der Waals surface area contributed by atoms with Gasteiger partial charge in [0.1, 0.15) is 5.41 Å². The SMILES string of the molecule is CCC1(CC)C(=O)NC(=O)N(C(C)CC(C)C)C1=O. The summed E-state index contributed by atoms with van der Waals surface area (Å²) in [5, 5.41) is 2.33. The fraction of sp³-hybridized carbons (Fsp3) is 0.786. The van der Waals surface area contributed by atoms with Gasteiger partial charge in [-0.05, 0) is 32.1 Å². The zero-order chi connectivity index (χ0) is 14.8. The molecule has 1 atom stereocenters. The van der Waals surface area contributed by atoms with Crippen LogP contribution in [0.2, 0.25) is 0 Å². The van der Waals surface area contributed by atoms with Crippen LogP contribution in [0, 0.1) is 11.3 Å². The number of nitrogens with zero attached hydrogens (tertiary/aromatic N) is 1. The number of carbonyl (C=O) groups excluding carboxylic acids is 3. The minimum atomic E-state index is -1.08. The average Bonchev–Trinajstić information content (AvgIpc) is 2.29. The average molecular weight is 268 g/mol. The van der Waals surface area contributed by atoms with Crippen molar-refractivity contribution in [3.63, 3.8) is 0 Å². The number of urea groups is 1. The smallest absolute Gasteiger partial charge is 0.277 e. The van der Waals surface area contributed by atoms with Gasteiger partial charge in [0.15, 0.2) is 0 Å². The van der Waals surface area contributed by atoms with Crippen LogP contribution in [0.4, 0.5) is 4.79 Å². The van der Waals surface area contributed by atoms with E-state index in [2.05, 4.69) is 5.32 Å². The fourth-order valence-electron chi connectivity index (χ4n) is 2.76. The first kappa shape index (κ1) is 15.7. The van der Waals surface area contributed by atoms with E-state index >= 15 is 0 Å². The molecule has 1 fully saturated rings. The molecule has 1 N–H and O–H groups in total. The van der Waals surface area contributed by atoms with Gasteiger partial charge in [-0.1, -0.05) is 27.7 Å².